The fraction of sp³-hybridized carbons (Fsp3) is 0.765. The number of hydrogen-bond donors (Lipinski definition) is 0. The highest BCUT2D eigenvalue weighted by Crippen LogP contribution is 2.56. The van der Waals surface area contributed by atoms with Crippen LogP contribution in [-0.2, 0) is 23.5 Å². The molecular formula is C17H28O5Si. The van der Waals surface area contributed by atoms with Gasteiger partial charge in [-0.15, -0.1) is 0 Å². The molecule has 4 atom stereocenters. The Kier molecular flexibility index (Phi) is 4.54. The predicted molar refractivity (Wildman–Crippen MR) is 89.3 cm³/mol. The molecule has 0 aromatic carbocycles. The molecule has 6 heteroatoms. The fourth-order valence-corrected chi connectivity index (χ4v) is 5.04. The maximum Gasteiger partial charge on any atom is 0.312 e. The Labute approximate surface area is 139 Å². The lowest BCUT2D eigenvalue weighted by molar-refractivity contribution is -0.162. The third kappa shape index (κ3) is 2.87. The first-order valence-corrected chi connectivity index (χ1v) is 10.9. The van der Waals surface area contributed by atoms with Crippen LogP contribution in [0.4, 0.5) is 0 Å². The lowest BCUT2D eigenvalue weighted by atomic mass is 9.81. The quantitative estimate of drug-likeness (QED) is 0.447. The van der Waals surface area contributed by atoms with Gasteiger partial charge in [0.25, 0.3) is 0 Å². The highest BCUT2D eigenvalue weighted by atomic mass is 28.4. The molecule has 0 spiro atoms. The van der Waals surface area contributed by atoms with Gasteiger partial charge in [0.1, 0.15) is 5.92 Å². The summed E-state index contributed by atoms with van der Waals surface area (Å²) in [5, 5.41) is 0.0116. The van der Waals surface area contributed by atoms with Crippen LogP contribution in [0.3, 0.4) is 0 Å². The smallest absolute Gasteiger partial charge is 0.312 e. The van der Waals surface area contributed by atoms with Crippen LogP contribution in [0.25, 0.3) is 0 Å². The van der Waals surface area contributed by atoms with Gasteiger partial charge in [0.05, 0.1) is 25.7 Å². The van der Waals surface area contributed by atoms with Crippen molar-refractivity contribution >= 4 is 20.3 Å². The van der Waals surface area contributed by atoms with Gasteiger partial charge in [-0.25, -0.2) is 0 Å². The van der Waals surface area contributed by atoms with E-state index in [0.29, 0.717) is 6.42 Å². The molecule has 0 amide bonds. The van der Waals surface area contributed by atoms with Crippen LogP contribution in [0, 0.1) is 17.8 Å². The molecule has 23 heavy (non-hydrogen) atoms. The van der Waals surface area contributed by atoms with E-state index in [9.17, 15) is 9.59 Å². The Morgan fingerprint density at radius 2 is 1.70 bits per heavy atom. The standard InChI is InChI=1S/C17H28O5Si/c1-16(2,3)23(6,7)22-17-9-8-11(10-17)12(14(18)20-4)13(17)15(19)21-5/h8-9,11-13H,10H2,1-7H3/t11-,12-,13+,17-/m0/s1. The predicted octanol–water partition coefficient (Wildman–Crippen LogP) is 2.92. The minimum Gasteiger partial charge on any atom is -0.469 e. The molecule has 0 unspecified atom stereocenters. The van der Waals surface area contributed by atoms with Crippen molar-refractivity contribution in [2.45, 2.75) is 50.9 Å². The molecule has 0 heterocycles. The number of methoxy groups -OCH3 is 2. The van der Waals surface area contributed by atoms with E-state index in [1.807, 2.05) is 12.2 Å². The second kappa shape index (κ2) is 5.74. The number of hydrogen-bond acceptors (Lipinski definition) is 5. The van der Waals surface area contributed by atoms with Crippen molar-refractivity contribution in [1.29, 1.82) is 0 Å². The monoisotopic (exact) mass is 340 g/mol. The van der Waals surface area contributed by atoms with Crippen molar-refractivity contribution in [2.24, 2.45) is 17.8 Å². The first-order valence-electron chi connectivity index (χ1n) is 8.04. The van der Waals surface area contributed by atoms with Gasteiger partial charge in [0, 0.05) is 0 Å². The van der Waals surface area contributed by atoms with Crippen molar-refractivity contribution in [1.82, 2.24) is 0 Å². The molecule has 2 aliphatic rings. The Balaban J connectivity index is 2.42. The summed E-state index contributed by atoms with van der Waals surface area (Å²) in [7, 11) is 0.586. The van der Waals surface area contributed by atoms with E-state index in [2.05, 4.69) is 33.9 Å². The van der Waals surface area contributed by atoms with E-state index < -0.39 is 31.7 Å². The summed E-state index contributed by atoms with van der Waals surface area (Å²) in [5.74, 6) is -1.95. The maximum atomic E-state index is 12.4. The summed E-state index contributed by atoms with van der Waals surface area (Å²) < 4.78 is 16.6. The molecule has 0 aliphatic heterocycles. The van der Waals surface area contributed by atoms with Crippen molar-refractivity contribution in [3.63, 3.8) is 0 Å². The van der Waals surface area contributed by atoms with Gasteiger partial charge in [0.15, 0.2) is 8.32 Å². The summed E-state index contributed by atoms with van der Waals surface area (Å²) in [6, 6.07) is 0. The van der Waals surface area contributed by atoms with Crippen molar-refractivity contribution in [2.75, 3.05) is 14.2 Å². The Morgan fingerprint density at radius 1 is 1.13 bits per heavy atom. The van der Waals surface area contributed by atoms with Crippen LogP contribution in [0.1, 0.15) is 27.2 Å². The number of ether oxygens (including phenoxy) is 2. The van der Waals surface area contributed by atoms with E-state index in [1.54, 1.807) is 0 Å². The number of carbonyl (C=O) groups excluding carboxylic acids is 2. The Morgan fingerprint density at radius 3 is 2.17 bits per heavy atom. The fourth-order valence-electron chi connectivity index (χ4n) is 3.51. The molecule has 1 fully saturated rings. The Bertz CT molecular complexity index is 534. The number of carbonyl (C=O) groups is 2. The molecule has 2 bridgehead atoms. The van der Waals surface area contributed by atoms with Gasteiger partial charge in [-0.2, -0.15) is 0 Å². The third-order valence-corrected chi connectivity index (χ3v) is 10.2. The molecule has 5 nitrogen and oxygen atoms in total. The third-order valence-electron chi connectivity index (χ3n) is 5.71. The minimum absolute atomic E-state index is 0.0116. The Hall–Kier alpha value is -1.14. The summed E-state index contributed by atoms with van der Waals surface area (Å²) in [6.07, 6.45) is 4.60. The molecule has 0 aromatic rings. The zero-order valence-electron chi connectivity index (χ0n) is 15.1. The summed E-state index contributed by atoms with van der Waals surface area (Å²) >= 11 is 0. The molecule has 0 N–H and O–H groups in total. The number of fused-ring (bicyclic) bond motifs is 2. The van der Waals surface area contributed by atoms with Crippen LogP contribution in [0.2, 0.25) is 18.1 Å². The maximum absolute atomic E-state index is 12.4. The van der Waals surface area contributed by atoms with Crippen LogP contribution in [-0.4, -0.2) is 40.1 Å². The molecule has 2 aliphatic carbocycles. The zero-order valence-corrected chi connectivity index (χ0v) is 16.1. The normalized spacial score (nSPS) is 32.9. The van der Waals surface area contributed by atoms with Crippen molar-refractivity contribution < 1.29 is 23.5 Å². The van der Waals surface area contributed by atoms with E-state index in [1.165, 1.54) is 14.2 Å². The topological polar surface area (TPSA) is 61.8 Å². The molecule has 0 radical (unpaired) electrons. The largest absolute Gasteiger partial charge is 0.469 e. The summed E-state index contributed by atoms with van der Waals surface area (Å²) in [4.78, 5) is 24.7. The van der Waals surface area contributed by atoms with Gasteiger partial charge in [0.2, 0.25) is 0 Å². The second-order valence-electron chi connectivity index (χ2n) is 8.09. The first kappa shape index (κ1) is 18.2. The van der Waals surface area contributed by atoms with Crippen molar-refractivity contribution in [3.05, 3.63) is 12.2 Å². The van der Waals surface area contributed by atoms with Gasteiger partial charge in [-0.05, 0) is 30.5 Å². The van der Waals surface area contributed by atoms with E-state index in [-0.39, 0.29) is 16.9 Å². The molecule has 130 valence electrons. The number of esters is 2. The average molecular weight is 340 g/mol. The highest BCUT2D eigenvalue weighted by molar-refractivity contribution is 6.74. The number of rotatable bonds is 4. The minimum atomic E-state index is -2.12. The highest BCUT2D eigenvalue weighted by Gasteiger charge is 2.64. The van der Waals surface area contributed by atoms with Gasteiger partial charge in [-0.3, -0.25) is 9.59 Å². The van der Waals surface area contributed by atoms with Gasteiger partial charge >= 0.3 is 11.9 Å². The van der Waals surface area contributed by atoms with E-state index in [4.69, 9.17) is 13.9 Å². The van der Waals surface area contributed by atoms with E-state index in [0.717, 1.165) is 0 Å². The summed E-state index contributed by atoms with van der Waals surface area (Å²) in [5.41, 5.74) is -0.750. The van der Waals surface area contributed by atoms with Gasteiger partial charge in [-0.1, -0.05) is 32.9 Å². The first-order chi connectivity index (χ1) is 10.5. The SMILES string of the molecule is COC(=O)[C@H]1[C@H]2C=C[C@](O[Si](C)(C)C(C)(C)C)(C2)[C@H]1C(=O)OC. The average Bonchev–Trinajstić information content (AvgIpc) is 2.98. The van der Waals surface area contributed by atoms with Crippen LogP contribution >= 0.6 is 0 Å². The zero-order chi connectivity index (χ0) is 17.6. The van der Waals surface area contributed by atoms with Crippen LogP contribution in [0.15, 0.2) is 12.2 Å². The molecule has 0 aromatic heterocycles. The van der Waals surface area contributed by atoms with Crippen LogP contribution in [0.5, 0.6) is 0 Å². The molecule has 2 rings (SSSR count). The molecule has 0 saturated heterocycles. The van der Waals surface area contributed by atoms with Gasteiger partial charge < -0.3 is 13.9 Å². The lowest BCUT2D eigenvalue weighted by Gasteiger charge is -2.45. The van der Waals surface area contributed by atoms with E-state index >= 15 is 0 Å². The summed E-state index contributed by atoms with van der Waals surface area (Å²) in [6.45, 7) is 10.8. The lowest BCUT2D eigenvalue weighted by Crippen LogP contribution is -2.53. The molecule has 1 saturated carbocycles. The van der Waals surface area contributed by atoms with Crippen molar-refractivity contribution in [3.8, 4) is 0 Å². The molecular weight excluding hydrogens is 312 g/mol. The second-order valence-corrected chi connectivity index (χ2v) is 12.8. The van der Waals surface area contributed by atoms with Crippen LogP contribution < -0.4 is 0 Å². The number of allylic oxidation sites excluding steroid dienone is 1.